The van der Waals surface area contributed by atoms with Crippen LogP contribution < -0.4 is 10.5 Å². The summed E-state index contributed by atoms with van der Waals surface area (Å²) < 4.78 is 24.6. The average molecular weight is 267 g/mol. The summed E-state index contributed by atoms with van der Waals surface area (Å²) in [5, 5.41) is 0. The molecule has 0 saturated carbocycles. The third-order valence-corrected chi connectivity index (χ3v) is 2.82. The van der Waals surface area contributed by atoms with E-state index in [1.54, 1.807) is 4.57 Å². The number of rotatable bonds is 4. The van der Waals surface area contributed by atoms with Crippen LogP contribution in [0.3, 0.4) is 0 Å². The van der Waals surface area contributed by atoms with Crippen molar-refractivity contribution >= 4 is 23.0 Å². The molecule has 0 radical (unpaired) electrons. The minimum Gasteiger partial charge on any atom is -0.494 e. The number of fused-ring (bicyclic) bond motifs is 1. The second-order valence-electron chi connectivity index (χ2n) is 3.92. The number of hydrogen-bond acceptors (Lipinski definition) is 5. The molecule has 0 spiro atoms. The molecular weight excluding hydrogens is 253 g/mol. The molecule has 1 heterocycles. The average Bonchev–Trinajstić information content (AvgIpc) is 2.69. The van der Waals surface area contributed by atoms with Crippen LogP contribution in [-0.2, 0) is 16.1 Å². The minimum absolute atomic E-state index is 0.103. The number of nitrogens with zero attached hydrogens (tertiary/aromatic N) is 2. The van der Waals surface area contributed by atoms with Crippen LogP contribution in [0, 0.1) is 5.82 Å². The fourth-order valence-corrected chi connectivity index (χ4v) is 1.84. The van der Waals surface area contributed by atoms with Gasteiger partial charge in [0.05, 0.1) is 31.7 Å². The Labute approximate surface area is 108 Å². The summed E-state index contributed by atoms with van der Waals surface area (Å²) in [7, 11) is 2.69. The molecule has 0 atom stereocenters. The molecule has 2 N–H and O–H groups in total. The summed E-state index contributed by atoms with van der Waals surface area (Å²) in [5.41, 5.74) is 6.79. The van der Waals surface area contributed by atoms with Crippen molar-refractivity contribution in [1.82, 2.24) is 9.55 Å². The molecule has 1 aromatic heterocycles. The van der Waals surface area contributed by atoms with E-state index in [2.05, 4.69) is 9.72 Å². The maximum atomic E-state index is 13.5. The number of anilines is 1. The number of hydrogen-bond donors (Lipinski definition) is 1. The molecule has 0 aliphatic heterocycles. The highest BCUT2D eigenvalue weighted by Crippen LogP contribution is 2.26. The molecule has 2 rings (SSSR count). The molecule has 0 fully saturated rings. The first-order valence-electron chi connectivity index (χ1n) is 5.63. The van der Waals surface area contributed by atoms with Gasteiger partial charge < -0.3 is 19.8 Å². The number of carbonyl (C=O) groups excluding carboxylic acids is 1. The molecule has 7 heteroatoms. The third kappa shape index (κ3) is 2.44. The van der Waals surface area contributed by atoms with E-state index in [0.717, 1.165) is 0 Å². The third-order valence-electron chi connectivity index (χ3n) is 2.82. The van der Waals surface area contributed by atoms with Crippen LogP contribution >= 0.6 is 0 Å². The second-order valence-corrected chi connectivity index (χ2v) is 3.92. The normalized spacial score (nSPS) is 10.7. The van der Waals surface area contributed by atoms with Crippen molar-refractivity contribution in [2.24, 2.45) is 0 Å². The van der Waals surface area contributed by atoms with E-state index in [-0.39, 0.29) is 24.1 Å². The van der Waals surface area contributed by atoms with E-state index in [1.165, 1.54) is 26.4 Å². The van der Waals surface area contributed by atoms with Gasteiger partial charge in [0.15, 0.2) is 11.6 Å². The summed E-state index contributed by atoms with van der Waals surface area (Å²) in [4.78, 5) is 15.2. The van der Waals surface area contributed by atoms with Crippen molar-refractivity contribution in [3.05, 3.63) is 17.9 Å². The number of benzene rings is 1. The van der Waals surface area contributed by atoms with Crippen LogP contribution in [0.25, 0.3) is 11.0 Å². The zero-order valence-electron chi connectivity index (χ0n) is 10.6. The number of methoxy groups -OCH3 is 2. The van der Waals surface area contributed by atoms with Gasteiger partial charge in [-0.2, -0.15) is 0 Å². The lowest BCUT2D eigenvalue weighted by Gasteiger charge is -2.06. The fraction of sp³-hybridized carbons (Fsp3) is 0.333. The highest BCUT2D eigenvalue weighted by atomic mass is 19.1. The number of carbonyl (C=O) groups is 1. The first kappa shape index (κ1) is 13.1. The van der Waals surface area contributed by atoms with Gasteiger partial charge >= 0.3 is 5.97 Å². The number of ether oxygens (including phenoxy) is 2. The van der Waals surface area contributed by atoms with E-state index in [0.29, 0.717) is 17.6 Å². The Morgan fingerprint density at radius 1 is 1.47 bits per heavy atom. The maximum Gasteiger partial charge on any atom is 0.307 e. The van der Waals surface area contributed by atoms with Gasteiger partial charge in [-0.3, -0.25) is 4.79 Å². The number of halogens is 1. The second kappa shape index (κ2) is 5.13. The summed E-state index contributed by atoms with van der Waals surface area (Å²) in [6, 6.07) is 2.75. The van der Waals surface area contributed by atoms with Gasteiger partial charge in [0.25, 0.3) is 0 Å². The molecule has 2 aromatic rings. The number of imidazole rings is 1. The van der Waals surface area contributed by atoms with Gasteiger partial charge in [-0.05, 0) is 0 Å². The van der Waals surface area contributed by atoms with Crippen LogP contribution in [0.2, 0.25) is 0 Å². The van der Waals surface area contributed by atoms with Crippen LogP contribution in [0.4, 0.5) is 10.3 Å². The molecule has 0 bridgehead atoms. The Hall–Kier alpha value is -2.31. The molecule has 0 unspecified atom stereocenters. The van der Waals surface area contributed by atoms with Gasteiger partial charge in [0.1, 0.15) is 0 Å². The van der Waals surface area contributed by atoms with Gasteiger partial charge in [0, 0.05) is 18.7 Å². The Morgan fingerprint density at radius 2 is 2.21 bits per heavy atom. The lowest BCUT2D eigenvalue weighted by molar-refractivity contribution is -0.140. The van der Waals surface area contributed by atoms with Crippen molar-refractivity contribution in [1.29, 1.82) is 0 Å². The molecule has 102 valence electrons. The smallest absolute Gasteiger partial charge is 0.307 e. The van der Waals surface area contributed by atoms with Gasteiger partial charge in [-0.25, -0.2) is 9.37 Å². The fourth-order valence-electron chi connectivity index (χ4n) is 1.84. The Kier molecular flexibility index (Phi) is 3.55. The molecule has 19 heavy (non-hydrogen) atoms. The van der Waals surface area contributed by atoms with Crippen molar-refractivity contribution in [2.45, 2.75) is 13.0 Å². The van der Waals surface area contributed by atoms with Crippen LogP contribution in [0.1, 0.15) is 6.42 Å². The van der Waals surface area contributed by atoms with E-state index in [1.807, 2.05) is 0 Å². The summed E-state index contributed by atoms with van der Waals surface area (Å²) in [6.45, 7) is 0.309. The first-order valence-corrected chi connectivity index (χ1v) is 5.63. The number of aryl methyl sites for hydroxylation is 1. The monoisotopic (exact) mass is 267 g/mol. The number of aromatic nitrogens is 2. The largest absolute Gasteiger partial charge is 0.494 e. The van der Waals surface area contributed by atoms with E-state index >= 15 is 0 Å². The van der Waals surface area contributed by atoms with Crippen LogP contribution in [-0.4, -0.2) is 29.7 Å². The molecule has 0 aliphatic carbocycles. The number of nitrogen functional groups attached to an aromatic ring is 1. The van der Waals surface area contributed by atoms with Crippen molar-refractivity contribution in [3.8, 4) is 5.75 Å². The summed E-state index contributed by atoms with van der Waals surface area (Å²) in [6.07, 6.45) is 0.159. The van der Waals surface area contributed by atoms with Crippen molar-refractivity contribution in [3.63, 3.8) is 0 Å². The van der Waals surface area contributed by atoms with E-state index in [4.69, 9.17) is 10.5 Å². The highest BCUT2D eigenvalue weighted by molar-refractivity contribution is 5.80. The molecular formula is C12H14FN3O3. The molecule has 1 aromatic carbocycles. The highest BCUT2D eigenvalue weighted by Gasteiger charge is 2.14. The minimum atomic E-state index is -0.507. The van der Waals surface area contributed by atoms with Gasteiger partial charge in [0.2, 0.25) is 5.95 Å². The van der Waals surface area contributed by atoms with Crippen LogP contribution in [0.15, 0.2) is 12.1 Å². The zero-order valence-corrected chi connectivity index (χ0v) is 10.6. The topological polar surface area (TPSA) is 79.4 Å². The predicted molar refractivity (Wildman–Crippen MR) is 67.3 cm³/mol. The van der Waals surface area contributed by atoms with Crippen LogP contribution in [0.5, 0.6) is 5.75 Å². The molecule has 6 nitrogen and oxygen atoms in total. The standard InChI is InChI=1S/C12H14FN3O3/c1-18-10-6-9-8(5-7(10)13)15-12(14)16(9)4-3-11(17)19-2/h5-6H,3-4H2,1-2H3,(H2,14,15). The molecule has 0 aliphatic rings. The summed E-state index contributed by atoms with van der Waals surface area (Å²) in [5.74, 6) is -0.541. The van der Waals surface area contributed by atoms with Crippen molar-refractivity contribution in [2.75, 3.05) is 20.0 Å². The van der Waals surface area contributed by atoms with E-state index < -0.39 is 5.82 Å². The Morgan fingerprint density at radius 3 is 2.84 bits per heavy atom. The number of nitrogens with two attached hydrogens (primary N) is 1. The van der Waals surface area contributed by atoms with E-state index in [9.17, 15) is 9.18 Å². The van der Waals surface area contributed by atoms with Crippen molar-refractivity contribution < 1.29 is 18.7 Å². The first-order chi connectivity index (χ1) is 9.06. The zero-order chi connectivity index (χ0) is 14.0. The molecule has 0 saturated heterocycles. The molecule has 0 amide bonds. The van der Waals surface area contributed by atoms with Gasteiger partial charge in [-0.1, -0.05) is 0 Å². The summed E-state index contributed by atoms with van der Waals surface area (Å²) >= 11 is 0. The predicted octanol–water partition coefficient (Wildman–Crippen LogP) is 1.33. The Balaban J connectivity index is 2.42. The Bertz CT molecular complexity index is 624. The number of esters is 1. The van der Waals surface area contributed by atoms with Gasteiger partial charge in [-0.15, -0.1) is 0 Å². The maximum absolute atomic E-state index is 13.5. The lowest BCUT2D eigenvalue weighted by Crippen LogP contribution is -2.09. The quantitative estimate of drug-likeness (QED) is 0.845. The lowest BCUT2D eigenvalue weighted by atomic mass is 10.2. The SMILES string of the molecule is COC(=O)CCn1c(N)nc2cc(F)c(OC)cc21.